The first-order valence-corrected chi connectivity index (χ1v) is 8.07. The van der Waals surface area contributed by atoms with Crippen molar-refractivity contribution >= 4 is 0 Å². The molecule has 0 spiro atoms. The zero-order valence-corrected chi connectivity index (χ0v) is 15.8. The van der Waals surface area contributed by atoms with Crippen LogP contribution in [0.4, 0.5) is 0 Å². The lowest BCUT2D eigenvalue weighted by Crippen LogP contribution is -1.93. The summed E-state index contributed by atoms with van der Waals surface area (Å²) >= 11 is 0. The highest BCUT2D eigenvalue weighted by Gasteiger charge is 1.96. The first kappa shape index (κ1) is 20.4. The summed E-state index contributed by atoms with van der Waals surface area (Å²) < 4.78 is 0. The van der Waals surface area contributed by atoms with Gasteiger partial charge < -0.3 is 0 Å². The summed E-state index contributed by atoms with van der Waals surface area (Å²) in [5.41, 5.74) is 3.55. The van der Waals surface area contributed by atoms with Gasteiger partial charge in [-0.3, -0.25) is 0 Å². The minimum absolute atomic E-state index is 0.500. The van der Waals surface area contributed by atoms with Crippen molar-refractivity contribution in [2.75, 3.05) is 0 Å². The highest BCUT2D eigenvalue weighted by Crippen LogP contribution is 2.17. The average Bonchev–Trinajstić information content (AvgIpc) is 2.37. The largest absolute Gasteiger partial charge is 0.0622 e. The minimum Gasteiger partial charge on any atom is -0.0622 e. The minimum atomic E-state index is 0.500. The van der Waals surface area contributed by atoms with E-state index in [9.17, 15) is 0 Å². The van der Waals surface area contributed by atoms with E-state index >= 15 is 0 Å². The predicted molar refractivity (Wildman–Crippen MR) is 102 cm³/mol. The van der Waals surface area contributed by atoms with Gasteiger partial charge >= 0.3 is 0 Å². The van der Waals surface area contributed by atoms with E-state index in [-0.39, 0.29) is 0 Å². The third-order valence-corrected chi connectivity index (χ3v) is 1.88. The van der Waals surface area contributed by atoms with E-state index in [0.717, 1.165) is 0 Å². The van der Waals surface area contributed by atoms with E-state index in [2.05, 4.69) is 104 Å². The zero-order chi connectivity index (χ0) is 17.2. The summed E-state index contributed by atoms with van der Waals surface area (Å²) in [5.74, 6) is 0. The molecule has 0 N–H and O–H groups in total. The SMILES string of the molecule is CC(C)(C)C.CC(C)(C)C.c1ccc(-c2ccccc2)cc1. The lowest BCUT2D eigenvalue weighted by molar-refractivity contribution is 0.469. The van der Waals surface area contributed by atoms with Crippen molar-refractivity contribution in [2.45, 2.75) is 55.4 Å². The van der Waals surface area contributed by atoms with Gasteiger partial charge in [0.1, 0.15) is 0 Å². The molecule has 0 aliphatic carbocycles. The van der Waals surface area contributed by atoms with Crippen molar-refractivity contribution in [3.05, 3.63) is 60.7 Å². The molecule has 0 radical (unpaired) electrons. The first-order valence-electron chi connectivity index (χ1n) is 8.07. The topological polar surface area (TPSA) is 0 Å². The van der Waals surface area contributed by atoms with Gasteiger partial charge in [0.15, 0.2) is 0 Å². The van der Waals surface area contributed by atoms with Crippen LogP contribution in [0.5, 0.6) is 0 Å². The van der Waals surface area contributed by atoms with E-state index in [0.29, 0.717) is 10.8 Å². The molecule has 2 aromatic carbocycles. The third-order valence-electron chi connectivity index (χ3n) is 1.88. The molecular weight excluding hydrogens is 264 g/mol. The summed E-state index contributed by atoms with van der Waals surface area (Å²) in [6, 6.07) is 20.8. The van der Waals surface area contributed by atoms with Crippen LogP contribution in [-0.2, 0) is 0 Å². The summed E-state index contributed by atoms with van der Waals surface area (Å²) in [5, 5.41) is 0. The van der Waals surface area contributed by atoms with Crippen LogP contribution in [0.3, 0.4) is 0 Å². The molecule has 0 amide bonds. The summed E-state index contributed by atoms with van der Waals surface area (Å²) in [6.45, 7) is 17.5. The molecule has 0 aliphatic rings. The lowest BCUT2D eigenvalue weighted by Gasteiger charge is -2.05. The molecule has 0 saturated carbocycles. The van der Waals surface area contributed by atoms with Crippen molar-refractivity contribution in [3.63, 3.8) is 0 Å². The fourth-order valence-electron chi connectivity index (χ4n) is 1.26. The maximum atomic E-state index is 2.19. The highest BCUT2D eigenvalue weighted by atomic mass is 14.0. The van der Waals surface area contributed by atoms with Crippen molar-refractivity contribution in [1.29, 1.82) is 0 Å². The molecule has 22 heavy (non-hydrogen) atoms. The Balaban J connectivity index is 0.000000372. The molecule has 0 heterocycles. The van der Waals surface area contributed by atoms with Gasteiger partial charge in [-0.25, -0.2) is 0 Å². The third kappa shape index (κ3) is 16.5. The van der Waals surface area contributed by atoms with Gasteiger partial charge in [-0.2, -0.15) is 0 Å². The Hall–Kier alpha value is -1.56. The maximum absolute atomic E-state index is 2.19. The van der Waals surface area contributed by atoms with E-state index in [1.807, 2.05) is 12.1 Å². The lowest BCUT2D eigenvalue weighted by atomic mass is 10.0. The van der Waals surface area contributed by atoms with Crippen LogP contribution in [0.2, 0.25) is 0 Å². The molecule has 0 bridgehead atoms. The smallest absolute Gasteiger partial charge is 0.0184 e. The summed E-state index contributed by atoms with van der Waals surface area (Å²) in [6.07, 6.45) is 0. The van der Waals surface area contributed by atoms with Gasteiger partial charge in [-0.05, 0) is 22.0 Å². The van der Waals surface area contributed by atoms with E-state index in [1.165, 1.54) is 11.1 Å². The molecule has 0 heteroatoms. The van der Waals surface area contributed by atoms with Crippen LogP contribution in [0.15, 0.2) is 60.7 Å². The standard InChI is InChI=1S/C12H10.2C5H12/c1-3-7-11(8-4-1)12-9-5-2-6-10-12;2*1-5(2,3)4/h1-10H;2*1-4H3. The fourth-order valence-corrected chi connectivity index (χ4v) is 1.26. The summed E-state index contributed by atoms with van der Waals surface area (Å²) in [7, 11) is 0. The molecule has 2 rings (SSSR count). The molecule has 0 unspecified atom stereocenters. The molecule has 122 valence electrons. The normalized spacial score (nSPS) is 10.7. The van der Waals surface area contributed by atoms with E-state index in [1.54, 1.807) is 0 Å². The Morgan fingerprint density at radius 2 is 0.591 bits per heavy atom. The Morgan fingerprint density at radius 3 is 0.773 bits per heavy atom. The molecule has 0 fully saturated rings. The Morgan fingerprint density at radius 1 is 0.409 bits per heavy atom. The van der Waals surface area contributed by atoms with Crippen LogP contribution in [0.25, 0.3) is 11.1 Å². The van der Waals surface area contributed by atoms with Crippen LogP contribution >= 0.6 is 0 Å². The molecule has 0 saturated heterocycles. The number of hydrogen-bond donors (Lipinski definition) is 0. The number of hydrogen-bond acceptors (Lipinski definition) is 0. The summed E-state index contributed by atoms with van der Waals surface area (Å²) in [4.78, 5) is 0. The van der Waals surface area contributed by atoms with Gasteiger partial charge in [0, 0.05) is 0 Å². The second-order valence-electron chi connectivity index (χ2n) is 8.73. The van der Waals surface area contributed by atoms with Crippen LogP contribution in [-0.4, -0.2) is 0 Å². The fraction of sp³-hybridized carbons (Fsp3) is 0.455. The maximum Gasteiger partial charge on any atom is -0.0184 e. The predicted octanol–water partition coefficient (Wildman–Crippen LogP) is 7.46. The molecule has 2 aromatic rings. The molecule has 0 aliphatic heterocycles. The monoisotopic (exact) mass is 298 g/mol. The first-order chi connectivity index (χ1) is 9.97. The highest BCUT2D eigenvalue weighted by molar-refractivity contribution is 5.62. The Labute approximate surface area is 138 Å². The van der Waals surface area contributed by atoms with Gasteiger partial charge in [0.25, 0.3) is 0 Å². The second-order valence-corrected chi connectivity index (χ2v) is 8.73. The van der Waals surface area contributed by atoms with E-state index < -0.39 is 0 Å². The van der Waals surface area contributed by atoms with Gasteiger partial charge in [0.2, 0.25) is 0 Å². The Kier molecular flexibility index (Phi) is 8.79. The molecule has 0 nitrogen and oxygen atoms in total. The Bertz CT molecular complexity index is 420. The van der Waals surface area contributed by atoms with Crippen molar-refractivity contribution in [2.24, 2.45) is 10.8 Å². The zero-order valence-electron chi connectivity index (χ0n) is 15.8. The average molecular weight is 299 g/mol. The van der Waals surface area contributed by atoms with Gasteiger partial charge in [0.05, 0.1) is 0 Å². The second kappa shape index (κ2) is 9.46. The van der Waals surface area contributed by atoms with Crippen LogP contribution in [0.1, 0.15) is 55.4 Å². The quantitative estimate of drug-likeness (QED) is 0.512. The van der Waals surface area contributed by atoms with Crippen LogP contribution < -0.4 is 0 Å². The van der Waals surface area contributed by atoms with E-state index in [4.69, 9.17) is 0 Å². The van der Waals surface area contributed by atoms with Gasteiger partial charge in [-0.1, -0.05) is 116 Å². The van der Waals surface area contributed by atoms with Crippen LogP contribution in [0, 0.1) is 10.8 Å². The molecule has 0 atom stereocenters. The van der Waals surface area contributed by atoms with Crippen molar-refractivity contribution in [3.8, 4) is 11.1 Å². The number of rotatable bonds is 1. The van der Waals surface area contributed by atoms with Crippen molar-refractivity contribution < 1.29 is 0 Å². The molecular formula is C22H34. The van der Waals surface area contributed by atoms with Crippen molar-refractivity contribution in [1.82, 2.24) is 0 Å². The molecule has 0 aromatic heterocycles. The number of benzene rings is 2. The van der Waals surface area contributed by atoms with Gasteiger partial charge in [-0.15, -0.1) is 0 Å².